The largest absolute Gasteiger partial charge is 0.466 e. The summed E-state index contributed by atoms with van der Waals surface area (Å²) in [4.78, 5) is 24.6. The van der Waals surface area contributed by atoms with Gasteiger partial charge >= 0.3 is 5.97 Å². The first-order valence-electron chi connectivity index (χ1n) is 32.7. The molecular weight excluding hydrogens is 899 g/mol. The average Bonchev–Trinajstić information content (AvgIpc) is 3.39. The van der Waals surface area contributed by atoms with Gasteiger partial charge in [-0.15, -0.1) is 0 Å². The molecule has 0 aromatic carbocycles. The first kappa shape index (κ1) is 71.1. The van der Waals surface area contributed by atoms with Crippen molar-refractivity contribution >= 4 is 11.9 Å². The molecule has 0 heterocycles. The number of aliphatic hydroxyl groups excluding tert-OH is 2. The molecule has 0 saturated carbocycles. The van der Waals surface area contributed by atoms with Gasteiger partial charge in [0.1, 0.15) is 0 Å². The Bertz CT molecular complexity index is 1180. The number of aliphatic hydroxyl groups is 2. The van der Waals surface area contributed by atoms with E-state index in [2.05, 4.69) is 55.6 Å². The number of hydrogen-bond acceptors (Lipinski definition) is 5. The zero-order valence-electron chi connectivity index (χ0n) is 49.1. The minimum atomic E-state index is -0.666. The van der Waals surface area contributed by atoms with Crippen molar-refractivity contribution in [2.24, 2.45) is 0 Å². The molecule has 73 heavy (non-hydrogen) atoms. The van der Waals surface area contributed by atoms with Gasteiger partial charge in [-0.2, -0.15) is 0 Å². The van der Waals surface area contributed by atoms with Gasteiger partial charge in [0, 0.05) is 12.8 Å². The van der Waals surface area contributed by atoms with E-state index in [4.69, 9.17) is 4.74 Å². The van der Waals surface area contributed by atoms with Crippen molar-refractivity contribution in [3.63, 3.8) is 0 Å². The topological polar surface area (TPSA) is 95.9 Å². The van der Waals surface area contributed by atoms with Crippen LogP contribution in [0, 0.1) is 0 Å². The van der Waals surface area contributed by atoms with Gasteiger partial charge in [-0.25, -0.2) is 0 Å². The monoisotopic (exact) mass is 1030 g/mol. The van der Waals surface area contributed by atoms with Gasteiger partial charge in [-0.3, -0.25) is 9.59 Å². The van der Waals surface area contributed by atoms with E-state index < -0.39 is 12.1 Å². The van der Waals surface area contributed by atoms with Gasteiger partial charge in [0.25, 0.3) is 0 Å². The summed E-state index contributed by atoms with van der Waals surface area (Å²) in [5.74, 6) is -0.0308. The number of ether oxygens (including phenoxy) is 1. The van der Waals surface area contributed by atoms with Crippen molar-refractivity contribution in [2.75, 3.05) is 13.2 Å². The molecule has 1 amide bonds. The zero-order chi connectivity index (χ0) is 52.9. The van der Waals surface area contributed by atoms with E-state index in [1.807, 2.05) is 0 Å². The van der Waals surface area contributed by atoms with E-state index in [0.29, 0.717) is 25.9 Å². The van der Waals surface area contributed by atoms with E-state index in [-0.39, 0.29) is 18.5 Å². The highest BCUT2D eigenvalue weighted by atomic mass is 16.5. The number of carbonyl (C=O) groups excluding carboxylic acids is 2. The maximum absolute atomic E-state index is 12.5. The smallest absolute Gasteiger partial charge is 0.305 e. The third-order valence-corrected chi connectivity index (χ3v) is 15.2. The Hall–Kier alpha value is -1.92. The molecule has 0 fully saturated rings. The maximum atomic E-state index is 12.5. The van der Waals surface area contributed by atoms with Crippen LogP contribution in [0.1, 0.15) is 354 Å². The SMILES string of the molecule is CCCCC/C=C\C/C=C\CCCCCCCCCC(=O)OCCCCCCCCCCCCCC/C=C\CCCCCCCCCCCC(=O)NC(CO)C(O)CCCCCCCCCCCCCCCC. The first-order valence-corrected chi connectivity index (χ1v) is 32.7. The fourth-order valence-electron chi connectivity index (χ4n) is 10.1. The van der Waals surface area contributed by atoms with Gasteiger partial charge in [0.05, 0.1) is 25.4 Å². The number of hydrogen-bond donors (Lipinski definition) is 3. The van der Waals surface area contributed by atoms with Crippen LogP contribution in [0.4, 0.5) is 0 Å². The second-order valence-corrected chi connectivity index (χ2v) is 22.4. The molecule has 0 rings (SSSR count). The van der Waals surface area contributed by atoms with Crippen LogP contribution in [0.5, 0.6) is 0 Å². The molecule has 0 aromatic heterocycles. The standard InChI is InChI=1S/C67H127NO5/c1-3-5-7-9-11-13-15-17-19-29-33-37-41-45-49-53-57-61-67(72)73-62-58-54-50-46-42-38-34-31-28-26-24-22-20-21-23-25-27-30-32-36-40-44-48-52-56-60-66(71)68-64(63-69)65(70)59-55-51-47-43-39-35-18-16-14-12-10-8-6-4-2/h11,13,17,19,21,23,64-65,69-70H,3-10,12,14-16,18,20,22,24-63H2,1-2H3,(H,68,71)/b13-11-,19-17-,23-21-. The number of nitrogens with one attached hydrogen (secondary N) is 1. The van der Waals surface area contributed by atoms with Crippen LogP contribution >= 0.6 is 0 Å². The van der Waals surface area contributed by atoms with Gasteiger partial charge in [0.2, 0.25) is 5.91 Å². The third kappa shape index (κ3) is 59.2. The number of unbranched alkanes of at least 4 members (excludes halogenated alkanes) is 44. The lowest BCUT2D eigenvalue weighted by molar-refractivity contribution is -0.143. The number of allylic oxidation sites excluding steroid dienone is 6. The van der Waals surface area contributed by atoms with Crippen LogP contribution in [-0.4, -0.2) is 47.4 Å². The van der Waals surface area contributed by atoms with Crippen LogP contribution in [-0.2, 0) is 14.3 Å². The predicted octanol–water partition coefficient (Wildman–Crippen LogP) is 20.8. The van der Waals surface area contributed by atoms with Gasteiger partial charge in [0.15, 0.2) is 0 Å². The summed E-state index contributed by atoms with van der Waals surface area (Å²) in [6.07, 6.45) is 78.8. The van der Waals surface area contributed by atoms with Crippen molar-refractivity contribution in [1.29, 1.82) is 0 Å². The summed E-state index contributed by atoms with van der Waals surface area (Å²) in [5.41, 5.74) is 0. The summed E-state index contributed by atoms with van der Waals surface area (Å²) in [6.45, 7) is 4.94. The molecule has 430 valence electrons. The van der Waals surface area contributed by atoms with E-state index in [1.165, 1.54) is 270 Å². The zero-order valence-corrected chi connectivity index (χ0v) is 49.1. The summed E-state index contributed by atoms with van der Waals surface area (Å²) in [7, 11) is 0. The summed E-state index contributed by atoms with van der Waals surface area (Å²) >= 11 is 0. The molecule has 0 aliphatic heterocycles. The first-order chi connectivity index (χ1) is 36.0. The molecule has 0 bridgehead atoms. The van der Waals surface area contributed by atoms with Crippen molar-refractivity contribution < 1.29 is 24.5 Å². The fourth-order valence-corrected chi connectivity index (χ4v) is 10.1. The predicted molar refractivity (Wildman–Crippen MR) is 319 cm³/mol. The third-order valence-electron chi connectivity index (χ3n) is 15.2. The van der Waals surface area contributed by atoms with Crippen LogP contribution < -0.4 is 5.32 Å². The number of amides is 1. The minimum Gasteiger partial charge on any atom is -0.466 e. The molecule has 2 unspecified atom stereocenters. The Labute approximate surface area is 455 Å². The molecule has 0 radical (unpaired) electrons. The van der Waals surface area contributed by atoms with Gasteiger partial charge in [-0.1, -0.05) is 294 Å². The van der Waals surface area contributed by atoms with Crippen LogP contribution in [0.3, 0.4) is 0 Å². The molecule has 2 atom stereocenters. The molecule has 0 aliphatic rings. The summed E-state index contributed by atoms with van der Waals surface area (Å²) < 4.78 is 5.49. The van der Waals surface area contributed by atoms with Crippen LogP contribution in [0.15, 0.2) is 36.5 Å². The highest BCUT2D eigenvalue weighted by Gasteiger charge is 2.20. The van der Waals surface area contributed by atoms with Crippen LogP contribution in [0.2, 0.25) is 0 Å². The van der Waals surface area contributed by atoms with E-state index in [1.54, 1.807) is 0 Å². The molecule has 0 aromatic rings. The molecule has 6 heteroatoms. The normalized spacial score (nSPS) is 12.8. The van der Waals surface area contributed by atoms with Crippen molar-refractivity contribution in [3.8, 4) is 0 Å². The lowest BCUT2D eigenvalue weighted by atomic mass is 10.0. The van der Waals surface area contributed by atoms with Crippen molar-refractivity contribution in [1.82, 2.24) is 5.32 Å². The minimum absolute atomic E-state index is 0.00590. The molecule has 0 aliphatic carbocycles. The number of esters is 1. The lowest BCUT2D eigenvalue weighted by Gasteiger charge is -2.22. The number of rotatable bonds is 61. The Balaban J connectivity index is 3.39. The Morgan fingerprint density at radius 1 is 0.384 bits per heavy atom. The molecular formula is C67H127NO5. The highest BCUT2D eigenvalue weighted by Crippen LogP contribution is 2.18. The molecule has 6 nitrogen and oxygen atoms in total. The van der Waals surface area contributed by atoms with E-state index in [9.17, 15) is 19.8 Å². The Morgan fingerprint density at radius 3 is 1.08 bits per heavy atom. The Morgan fingerprint density at radius 2 is 0.685 bits per heavy atom. The molecule has 0 spiro atoms. The summed E-state index contributed by atoms with van der Waals surface area (Å²) in [5, 5.41) is 23.3. The average molecular weight is 1030 g/mol. The second-order valence-electron chi connectivity index (χ2n) is 22.4. The second kappa shape index (κ2) is 62.6. The molecule has 3 N–H and O–H groups in total. The lowest BCUT2D eigenvalue weighted by Crippen LogP contribution is -2.45. The summed E-state index contributed by atoms with van der Waals surface area (Å²) in [6, 6.07) is -0.544. The molecule has 0 saturated heterocycles. The van der Waals surface area contributed by atoms with Crippen molar-refractivity contribution in [2.45, 2.75) is 366 Å². The van der Waals surface area contributed by atoms with Crippen LogP contribution in [0.25, 0.3) is 0 Å². The van der Waals surface area contributed by atoms with E-state index in [0.717, 1.165) is 51.4 Å². The highest BCUT2D eigenvalue weighted by molar-refractivity contribution is 5.76. The fraction of sp³-hybridized carbons (Fsp3) is 0.881. The van der Waals surface area contributed by atoms with Gasteiger partial charge < -0.3 is 20.3 Å². The van der Waals surface area contributed by atoms with Gasteiger partial charge in [-0.05, 0) is 83.5 Å². The van der Waals surface area contributed by atoms with E-state index >= 15 is 0 Å². The Kier molecular flexibility index (Phi) is 61.0. The maximum Gasteiger partial charge on any atom is 0.305 e. The van der Waals surface area contributed by atoms with Crippen molar-refractivity contribution in [3.05, 3.63) is 36.5 Å². The quantitative estimate of drug-likeness (QED) is 0.0320. The number of carbonyl (C=O) groups is 2.